The van der Waals surface area contributed by atoms with Crippen molar-refractivity contribution in [3.8, 4) is 6.07 Å². The zero-order valence-corrected chi connectivity index (χ0v) is 12.1. The average Bonchev–Trinajstić information content (AvgIpc) is 2.47. The number of aryl methyl sites for hydroxylation is 1. The van der Waals surface area contributed by atoms with Gasteiger partial charge in [-0.25, -0.2) is 4.79 Å². The van der Waals surface area contributed by atoms with Crippen LogP contribution in [0.15, 0.2) is 48.5 Å². The van der Waals surface area contributed by atoms with Crippen LogP contribution in [0.25, 0.3) is 0 Å². The summed E-state index contributed by atoms with van der Waals surface area (Å²) in [6.07, 6.45) is 0. The Hall–Kier alpha value is -2.80. The van der Waals surface area contributed by atoms with Crippen molar-refractivity contribution in [1.29, 1.82) is 5.26 Å². The lowest BCUT2D eigenvalue weighted by Crippen LogP contribution is -2.31. The number of anilines is 1. The zero-order valence-electron chi connectivity index (χ0n) is 12.1. The Morgan fingerprint density at radius 3 is 2.52 bits per heavy atom. The van der Waals surface area contributed by atoms with E-state index in [2.05, 4.69) is 16.7 Å². The van der Waals surface area contributed by atoms with Gasteiger partial charge in [-0.15, -0.1) is 0 Å². The molecule has 0 radical (unpaired) electrons. The largest absolute Gasteiger partial charge is 0.331 e. The summed E-state index contributed by atoms with van der Waals surface area (Å²) in [5.41, 5.74) is 3.41. The van der Waals surface area contributed by atoms with Crippen LogP contribution < -0.4 is 10.6 Å². The van der Waals surface area contributed by atoms with E-state index < -0.39 is 0 Å². The number of amides is 2. The Morgan fingerprint density at radius 1 is 1.19 bits per heavy atom. The number of rotatable bonds is 3. The van der Waals surface area contributed by atoms with Crippen LogP contribution in [0.3, 0.4) is 0 Å². The molecule has 2 N–H and O–H groups in total. The molecule has 0 aliphatic rings. The van der Waals surface area contributed by atoms with E-state index in [-0.39, 0.29) is 12.1 Å². The fourth-order valence-electron chi connectivity index (χ4n) is 2.02. The van der Waals surface area contributed by atoms with Gasteiger partial charge in [0.2, 0.25) is 0 Å². The minimum Gasteiger partial charge on any atom is -0.331 e. The van der Waals surface area contributed by atoms with Crippen molar-refractivity contribution in [3.05, 3.63) is 65.2 Å². The average molecular weight is 279 g/mol. The molecule has 106 valence electrons. The van der Waals surface area contributed by atoms with Gasteiger partial charge >= 0.3 is 6.03 Å². The Kier molecular flexibility index (Phi) is 4.57. The van der Waals surface area contributed by atoms with Crippen molar-refractivity contribution in [2.45, 2.75) is 19.9 Å². The van der Waals surface area contributed by atoms with Gasteiger partial charge in [0.25, 0.3) is 0 Å². The summed E-state index contributed by atoms with van der Waals surface area (Å²) in [5, 5.41) is 14.4. The second-order valence-corrected chi connectivity index (χ2v) is 4.92. The highest BCUT2D eigenvalue weighted by Gasteiger charge is 2.09. The molecule has 0 bridgehead atoms. The van der Waals surface area contributed by atoms with E-state index in [0.29, 0.717) is 5.56 Å². The number of hydrogen-bond acceptors (Lipinski definition) is 2. The molecule has 0 aromatic heterocycles. The Labute approximate surface area is 124 Å². The monoisotopic (exact) mass is 279 g/mol. The molecule has 2 rings (SSSR count). The van der Waals surface area contributed by atoms with E-state index in [1.54, 1.807) is 12.1 Å². The van der Waals surface area contributed by atoms with Gasteiger partial charge in [0.05, 0.1) is 17.7 Å². The molecule has 0 heterocycles. The molecule has 0 saturated heterocycles. The first-order valence-electron chi connectivity index (χ1n) is 6.73. The fraction of sp³-hybridized carbons (Fsp3) is 0.176. The van der Waals surface area contributed by atoms with E-state index in [4.69, 9.17) is 5.26 Å². The van der Waals surface area contributed by atoms with E-state index in [0.717, 1.165) is 16.8 Å². The molecule has 0 saturated carbocycles. The van der Waals surface area contributed by atoms with Crippen molar-refractivity contribution >= 4 is 11.7 Å². The predicted molar refractivity (Wildman–Crippen MR) is 82.9 cm³/mol. The molecule has 0 spiro atoms. The highest BCUT2D eigenvalue weighted by molar-refractivity contribution is 5.89. The Balaban J connectivity index is 1.97. The number of carbonyl (C=O) groups is 1. The lowest BCUT2D eigenvalue weighted by molar-refractivity contribution is 0.249. The molecule has 0 fully saturated rings. The number of urea groups is 1. The van der Waals surface area contributed by atoms with Crippen LogP contribution in [0, 0.1) is 18.3 Å². The predicted octanol–water partition coefficient (Wildman–Crippen LogP) is 3.75. The standard InChI is InChI=1S/C17H17N3O/c1-12-4-3-5-16(10-12)20-17(21)19-13(2)15-8-6-14(11-18)7-9-15/h3-10,13H,1-2H3,(H2,19,20,21)/t13-/m1/s1. The highest BCUT2D eigenvalue weighted by atomic mass is 16.2. The lowest BCUT2D eigenvalue weighted by atomic mass is 10.1. The van der Waals surface area contributed by atoms with Crippen molar-refractivity contribution < 1.29 is 4.79 Å². The number of hydrogen-bond donors (Lipinski definition) is 2. The molecule has 0 unspecified atom stereocenters. The number of carbonyl (C=O) groups excluding carboxylic acids is 1. The summed E-state index contributed by atoms with van der Waals surface area (Å²) in [6.45, 7) is 3.87. The summed E-state index contributed by atoms with van der Waals surface area (Å²) in [6, 6.07) is 16.5. The molecular weight excluding hydrogens is 262 g/mol. The summed E-state index contributed by atoms with van der Waals surface area (Å²) in [5.74, 6) is 0. The summed E-state index contributed by atoms with van der Waals surface area (Å²) >= 11 is 0. The van der Waals surface area contributed by atoms with Crippen LogP contribution in [0.2, 0.25) is 0 Å². The first-order valence-corrected chi connectivity index (χ1v) is 6.73. The first-order chi connectivity index (χ1) is 10.1. The topological polar surface area (TPSA) is 64.9 Å². The van der Waals surface area contributed by atoms with Crippen LogP contribution in [0.5, 0.6) is 0 Å². The third-order valence-corrected chi connectivity index (χ3v) is 3.16. The third-order valence-electron chi connectivity index (χ3n) is 3.16. The zero-order chi connectivity index (χ0) is 15.2. The fourth-order valence-corrected chi connectivity index (χ4v) is 2.02. The molecule has 1 atom stereocenters. The molecule has 4 heteroatoms. The maximum atomic E-state index is 12.0. The molecular formula is C17H17N3O. The van der Waals surface area contributed by atoms with Crippen molar-refractivity contribution in [2.24, 2.45) is 0 Å². The van der Waals surface area contributed by atoms with Gasteiger partial charge in [0.1, 0.15) is 0 Å². The Bertz CT molecular complexity index is 671. The van der Waals surface area contributed by atoms with E-state index in [1.165, 1.54) is 0 Å². The van der Waals surface area contributed by atoms with Crippen molar-refractivity contribution in [2.75, 3.05) is 5.32 Å². The lowest BCUT2D eigenvalue weighted by Gasteiger charge is -2.15. The number of nitrogens with one attached hydrogen (secondary N) is 2. The second-order valence-electron chi connectivity index (χ2n) is 4.92. The molecule has 4 nitrogen and oxygen atoms in total. The van der Waals surface area contributed by atoms with Crippen LogP contribution >= 0.6 is 0 Å². The van der Waals surface area contributed by atoms with Gasteiger partial charge in [-0.05, 0) is 49.2 Å². The number of benzene rings is 2. The van der Waals surface area contributed by atoms with E-state index >= 15 is 0 Å². The first kappa shape index (κ1) is 14.6. The van der Waals surface area contributed by atoms with Gasteiger partial charge in [0, 0.05) is 5.69 Å². The minimum absolute atomic E-state index is 0.137. The van der Waals surface area contributed by atoms with Gasteiger partial charge < -0.3 is 10.6 Å². The summed E-state index contributed by atoms with van der Waals surface area (Å²) in [4.78, 5) is 12.0. The van der Waals surface area contributed by atoms with Gasteiger partial charge in [-0.3, -0.25) is 0 Å². The quantitative estimate of drug-likeness (QED) is 0.898. The molecule has 0 aliphatic heterocycles. The molecule has 21 heavy (non-hydrogen) atoms. The molecule has 0 aliphatic carbocycles. The molecule has 2 amide bonds. The van der Waals surface area contributed by atoms with Gasteiger partial charge in [-0.2, -0.15) is 5.26 Å². The summed E-state index contributed by atoms with van der Waals surface area (Å²) in [7, 11) is 0. The van der Waals surface area contributed by atoms with Crippen LogP contribution in [0.1, 0.15) is 29.7 Å². The van der Waals surface area contributed by atoms with Gasteiger partial charge in [-0.1, -0.05) is 24.3 Å². The van der Waals surface area contributed by atoms with Crippen LogP contribution in [0.4, 0.5) is 10.5 Å². The Morgan fingerprint density at radius 2 is 1.90 bits per heavy atom. The smallest absolute Gasteiger partial charge is 0.319 e. The number of nitriles is 1. The minimum atomic E-state index is -0.252. The SMILES string of the molecule is Cc1cccc(NC(=O)N[C@H](C)c2ccc(C#N)cc2)c1. The highest BCUT2D eigenvalue weighted by Crippen LogP contribution is 2.14. The van der Waals surface area contributed by atoms with E-state index in [1.807, 2.05) is 50.2 Å². The second kappa shape index (κ2) is 6.58. The molecule has 2 aromatic carbocycles. The van der Waals surface area contributed by atoms with Gasteiger partial charge in [0.15, 0.2) is 0 Å². The normalized spacial score (nSPS) is 11.3. The summed E-state index contributed by atoms with van der Waals surface area (Å²) < 4.78 is 0. The van der Waals surface area contributed by atoms with Crippen molar-refractivity contribution in [1.82, 2.24) is 5.32 Å². The van der Waals surface area contributed by atoms with Crippen LogP contribution in [-0.2, 0) is 0 Å². The maximum absolute atomic E-state index is 12.0. The number of nitrogens with zero attached hydrogens (tertiary/aromatic N) is 1. The van der Waals surface area contributed by atoms with Crippen LogP contribution in [-0.4, -0.2) is 6.03 Å². The van der Waals surface area contributed by atoms with E-state index in [9.17, 15) is 4.79 Å². The molecule has 2 aromatic rings. The maximum Gasteiger partial charge on any atom is 0.319 e. The van der Waals surface area contributed by atoms with Crippen molar-refractivity contribution in [3.63, 3.8) is 0 Å². The third kappa shape index (κ3) is 4.08.